The first-order chi connectivity index (χ1) is 58.3. The van der Waals surface area contributed by atoms with Crippen molar-refractivity contribution in [3.63, 3.8) is 0 Å². The van der Waals surface area contributed by atoms with Crippen LogP contribution in [0, 0.1) is 23.7 Å². The maximum Gasteiger partial charge on any atom is 0.255 e. The Balaban J connectivity index is 0.000000107. The predicted octanol–water partition coefficient (Wildman–Crippen LogP) is 17.9. The number of hydrogen-bond donors (Lipinski definition) is 1. The Morgan fingerprint density at radius 1 is 0.442 bits per heavy atom. The summed E-state index contributed by atoms with van der Waals surface area (Å²) in [5.74, 6) is 2.93. The topological polar surface area (TPSA) is 232 Å². The number of amides is 4. The maximum absolute atomic E-state index is 13.3. The number of aromatic amines is 1. The van der Waals surface area contributed by atoms with Crippen molar-refractivity contribution in [3.8, 4) is 28.4 Å². The average Bonchev–Trinajstić information content (AvgIpc) is 1.63. The maximum atomic E-state index is 13.3. The average molecular weight is 1680 g/mol. The molecule has 6 aliphatic rings. The zero-order valence-electron chi connectivity index (χ0n) is 66.0. The van der Waals surface area contributed by atoms with E-state index in [1.807, 2.05) is 161 Å². The van der Waals surface area contributed by atoms with Crippen molar-refractivity contribution in [1.29, 1.82) is 0 Å². The highest BCUT2D eigenvalue weighted by Gasteiger charge is 2.46. The summed E-state index contributed by atoms with van der Waals surface area (Å²) in [7, 11) is 0. The first kappa shape index (κ1) is 80.1. The zero-order valence-corrected chi connectivity index (χ0v) is 69.0. The second-order valence-corrected chi connectivity index (χ2v) is 33.2. The number of aromatic nitrogens is 13. The molecule has 4 amide bonds. The van der Waals surface area contributed by atoms with Crippen molar-refractivity contribution in [2.45, 2.75) is 65.0 Å². The zero-order chi connectivity index (χ0) is 82.8. The number of rotatable bonds is 11. The van der Waals surface area contributed by atoms with E-state index in [2.05, 4.69) is 88.0 Å². The second-order valence-electron chi connectivity index (χ2n) is 31.5. The normalized spacial score (nSPS) is 17.0. The third-order valence-corrected chi connectivity index (χ3v) is 24.3. The fourth-order valence-corrected chi connectivity index (χ4v) is 16.9. The van der Waals surface area contributed by atoms with E-state index < -0.39 is 6.17 Å². The van der Waals surface area contributed by atoms with Gasteiger partial charge in [0.1, 0.15) is 42.8 Å². The molecular formula is C92H85Cl4FN18O5. The molecule has 28 heteroatoms. The van der Waals surface area contributed by atoms with Crippen molar-refractivity contribution in [3.05, 3.63) is 291 Å². The van der Waals surface area contributed by atoms with Crippen LogP contribution in [0.2, 0.25) is 20.1 Å². The van der Waals surface area contributed by atoms with Crippen LogP contribution in [-0.2, 0) is 0 Å². The van der Waals surface area contributed by atoms with E-state index in [4.69, 9.17) is 46.4 Å². The molecule has 6 aromatic carbocycles. The third-order valence-electron chi connectivity index (χ3n) is 23.3. The van der Waals surface area contributed by atoms with Crippen LogP contribution in [0.3, 0.4) is 0 Å². The Morgan fingerprint density at radius 3 is 1.41 bits per heavy atom. The molecule has 5 saturated heterocycles. The second kappa shape index (κ2) is 34.9. The molecule has 608 valence electrons. The Hall–Kier alpha value is -12.4. The molecule has 120 heavy (non-hydrogen) atoms. The largest absolute Gasteiger partial charge is 0.371 e. The minimum absolute atomic E-state index is 0.0214. The van der Waals surface area contributed by atoms with Crippen LogP contribution in [-0.4, -0.2) is 182 Å². The number of likely N-dealkylation sites (tertiary alicyclic amines) is 5. The van der Waals surface area contributed by atoms with E-state index in [1.54, 1.807) is 72.9 Å². The number of piperidine rings is 3. The Bertz CT molecular complexity index is 6270. The van der Waals surface area contributed by atoms with Crippen molar-refractivity contribution >= 4 is 131 Å². The number of fused-ring (bicyclic) bond motifs is 6. The molecule has 3 unspecified atom stereocenters. The van der Waals surface area contributed by atoms with Crippen molar-refractivity contribution in [2.75, 3.05) is 65.4 Å². The number of halogens is 5. The summed E-state index contributed by atoms with van der Waals surface area (Å²) in [5, 5.41) is 4.27. The molecule has 21 rings (SSSR count). The third kappa shape index (κ3) is 17.4. The van der Waals surface area contributed by atoms with E-state index in [1.165, 1.54) is 25.2 Å². The number of H-pyrrole nitrogens is 1. The van der Waals surface area contributed by atoms with Crippen LogP contribution in [0.25, 0.3) is 89.3 Å². The molecule has 0 bridgehead atoms. The first-order valence-corrected chi connectivity index (χ1v) is 41.8. The monoisotopic (exact) mass is 1680 g/mol. The molecule has 1 N–H and O–H groups in total. The molecule has 23 nitrogen and oxygen atoms in total. The van der Waals surface area contributed by atoms with Gasteiger partial charge in [0.15, 0.2) is 0 Å². The molecule has 6 fully saturated rings. The fraction of sp³-hybridized carbons (Fsp3) is 0.261. The lowest BCUT2D eigenvalue weighted by Gasteiger charge is -2.34. The summed E-state index contributed by atoms with van der Waals surface area (Å²) in [4.78, 5) is 105. The Kier molecular flexibility index (Phi) is 23.3. The number of alkyl halides is 1. The summed E-state index contributed by atoms with van der Waals surface area (Å²) in [6, 6.07) is 49.3. The number of imidazole rings is 3. The quantitative estimate of drug-likeness (QED) is 0.127. The SMILES string of the molecule is C=C(c1ccc2c(c1)ncn2-c1cccc(Cl)c1)N1CCC1.CC1CCN(C(=O)c2cnc3c(c2)c(Cl)cn3-c2cncnc2)CC1.CC1CCN(C(=O)c2cnc3c(ccn3-c3ccc(=O)[nH]c3)c2)CC1.O=C(c1ccc2c(c1)ncn2-c1cccc(Cl)c1)N1CC2CC2C1.O=C(c1ccc2c(c1)ncn2-c1cccc(Cl)c1)N1CCC(F)C1. The van der Waals surface area contributed by atoms with Crippen molar-refractivity contribution in [2.24, 2.45) is 23.7 Å². The molecule has 1 saturated carbocycles. The molecular weight excluding hydrogens is 1600 g/mol. The Morgan fingerprint density at radius 2 is 0.925 bits per heavy atom. The standard InChI is InChI=1S/C19H16ClN3O.C19H20N4O2.C18H15ClFN3O.C18H18ClN5O.C18H16ClN3/c20-15-2-1-3-16(8-15)23-11-21-17-7-12(4-5-18(17)23)19(24)22-9-13-6-14(13)10-22;1-13-4-7-22(8-5-13)19(25)15-10-14-6-9-23(18(14)21-11-15)16-2-3-17(24)20-12-16;19-13-2-1-3-15(9-13)23-11-21-16-8-12(4-5-17(16)23)18(24)22-7-6-14(20)10-22;1-12-2-4-23(5-3-12)18(25)13-6-15-16(19)10-24(17(15)22-7-13)14-8-20-11-21-9-14;1-13(21-8-3-9-21)14-6-7-18-17(10-14)20-12-22(18)16-5-2-4-15(19)11-16/h1-5,7-8,11,13-14H,6,9-10H2;2-3,6,9-13H,4-5,7-8H2,1H3,(H,20,24);1-5,8-9,11,14H,6-7,10H2;6-12H,2-5H2,1H3;2,4-7,10-12H,1,3,8-9H2. The van der Waals surface area contributed by atoms with Crippen LogP contribution in [0.5, 0.6) is 0 Å². The predicted molar refractivity (Wildman–Crippen MR) is 468 cm³/mol. The Labute approximate surface area is 710 Å². The van der Waals surface area contributed by atoms with Gasteiger partial charge in [-0.2, -0.15) is 0 Å². The van der Waals surface area contributed by atoms with Crippen LogP contribution in [0.1, 0.15) is 106 Å². The highest BCUT2D eigenvalue weighted by Crippen LogP contribution is 2.45. The van der Waals surface area contributed by atoms with E-state index in [9.17, 15) is 28.4 Å². The minimum atomic E-state index is -0.917. The lowest BCUT2D eigenvalue weighted by atomic mass is 9.99. The fourth-order valence-electron chi connectivity index (χ4n) is 16.1. The molecule has 9 aromatic heterocycles. The summed E-state index contributed by atoms with van der Waals surface area (Å²) in [6.07, 6.45) is 25.0. The van der Waals surface area contributed by atoms with Gasteiger partial charge in [-0.1, -0.05) is 91.1 Å². The summed E-state index contributed by atoms with van der Waals surface area (Å²) < 4.78 is 23.0. The van der Waals surface area contributed by atoms with Gasteiger partial charge in [0.2, 0.25) is 5.56 Å². The van der Waals surface area contributed by atoms with Gasteiger partial charge in [-0.15, -0.1) is 0 Å². The van der Waals surface area contributed by atoms with E-state index in [0.717, 1.165) is 190 Å². The van der Waals surface area contributed by atoms with Crippen LogP contribution in [0.15, 0.2) is 238 Å². The van der Waals surface area contributed by atoms with Crippen LogP contribution in [0.4, 0.5) is 4.39 Å². The number of benzene rings is 6. The molecule has 3 atom stereocenters. The van der Waals surface area contributed by atoms with Crippen LogP contribution >= 0.6 is 46.4 Å². The number of nitrogens with zero attached hydrogens (tertiary/aromatic N) is 17. The van der Waals surface area contributed by atoms with Gasteiger partial charge >= 0.3 is 0 Å². The highest BCUT2D eigenvalue weighted by atomic mass is 35.5. The van der Waals surface area contributed by atoms with Gasteiger partial charge in [-0.25, -0.2) is 39.3 Å². The van der Waals surface area contributed by atoms with E-state index in [0.29, 0.717) is 62.2 Å². The van der Waals surface area contributed by atoms with Crippen molar-refractivity contribution < 1.29 is 23.6 Å². The molecule has 14 heterocycles. The number of hydrogen-bond acceptors (Lipinski definition) is 13. The lowest BCUT2D eigenvalue weighted by Crippen LogP contribution is -2.37. The van der Waals surface area contributed by atoms with Gasteiger partial charge in [0, 0.05) is 156 Å². The van der Waals surface area contributed by atoms with E-state index >= 15 is 0 Å². The first-order valence-electron chi connectivity index (χ1n) is 40.3. The van der Waals surface area contributed by atoms with Gasteiger partial charge in [0.05, 0.1) is 79.6 Å². The molecule has 1 aliphatic carbocycles. The molecule has 5 aliphatic heterocycles. The van der Waals surface area contributed by atoms with Gasteiger partial charge in [-0.05, 0) is 202 Å². The molecule has 15 aromatic rings. The highest BCUT2D eigenvalue weighted by molar-refractivity contribution is 6.35. The molecule has 0 spiro atoms. The number of carbonyl (C=O) groups is 4. The van der Waals surface area contributed by atoms with Crippen molar-refractivity contribution in [1.82, 2.24) is 87.2 Å². The minimum Gasteiger partial charge on any atom is -0.371 e. The summed E-state index contributed by atoms with van der Waals surface area (Å²) >= 11 is 24.6. The number of carbonyl (C=O) groups excluding carboxylic acids is 4. The number of pyridine rings is 3. The van der Waals surface area contributed by atoms with Gasteiger partial charge < -0.3 is 29.5 Å². The summed E-state index contributed by atoms with van der Waals surface area (Å²) in [5.41, 5.74) is 15.9. The van der Waals surface area contributed by atoms with E-state index in [-0.39, 0.29) is 35.7 Å². The number of nitrogens with one attached hydrogen (secondary N) is 1. The lowest BCUT2D eigenvalue weighted by molar-refractivity contribution is 0.0689. The smallest absolute Gasteiger partial charge is 0.255 e. The molecule has 0 radical (unpaired) electrons. The van der Waals surface area contributed by atoms with Gasteiger partial charge in [-0.3, -0.25) is 46.8 Å². The summed E-state index contributed by atoms with van der Waals surface area (Å²) in [6.45, 7) is 16.6. The van der Waals surface area contributed by atoms with Crippen LogP contribution < -0.4 is 5.56 Å². The van der Waals surface area contributed by atoms with Gasteiger partial charge in [0.25, 0.3) is 23.6 Å².